The average Bonchev–Trinajstić information content (AvgIpc) is 2.43. The molecule has 20 heavy (non-hydrogen) atoms. The maximum Gasteiger partial charge on any atom is 0.190 e. The molecule has 0 aromatic heterocycles. The Hall–Kier alpha value is -1.58. The molecule has 1 aromatic rings. The van der Waals surface area contributed by atoms with E-state index in [0.717, 1.165) is 43.4 Å². The standard InChI is InChI=1S/C16H26FN3/c1-13(2)5-4-11-19-16(18-3)20-12-10-14-6-8-15(17)9-7-14/h6-9,13H,4-5,10-12H2,1-3H3,(H2,18,19,20). The fraction of sp³-hybridized carbons (Fsp3) is 0.562. The van der Waals surface area contributed by atoms with E-state index in [-0.39, 0.29) is 5.82 Å². The molecule has 0 fully saturated rings. The SMILES string of the molecule is CN=C(NCCCC(C)C)NCCc1ccc(F)cc1. The van der Waals surface area contributed by atoms with Crippen LogP contribution in [0.25, 0.3) is 0 Å². The number of nitrogens with zero attached hydrogens (tertiary/aromatic N) is 1. The first-order valence-electron chi connectivity index (χ1n) is 7.30. The Labute approximate surface area is 121 Å². The Morgan fingerprint density at radius 1 is 1.15 bits per heavy atom. The molecule has 0 spiro atoms. The molecule has 0 atom stereocenters. The molecule has 0 heterocycles. The molecule has 3 nitrogen and oxygen atoms in total. The second-order valence-electron chi connectivity index (χ2n) is 5.34. The van der Waals surface area contributed by atoms with Gasteiger partial charge in [-0.2, -0.15) is 0 Å². The third kappa shape index (κ3) is 7.12. The lowest BCUT2D eigenvalue weighted by Gasteiger charge is -2.12. The largest absolute Gasteiger partial charge is 0.356 e. The smallest absolute Gasteiger partial charge is 0.190 e. The number of halogens is 1. The summed E-state index contributed by atoms with van der Waals surface area (Å²) in [5, 5.41) is 6.56. The van der Waals surface area contributed by atoms with Crippen molar-refractivity contribution in [2.75, 3.05) is 20.1 Å². The van der Waals surface area contributed by atoms with Crippen molar-refractivity contribution in [2.24, 2.45) is 10.9 Å². The number of guanidine groups is 1. The zero-order chi connectivity index (χ0) is 14.8. The van der Waals surface area contributed by atoms with Crippen LogP contribution in [-0.2, 0) is 6.42 Å². The van der Waals surface area contributed by atoms with Crippen molar-refractivity contribution >= 4 is 5.96 Å². The predicted molar refractivity (Wildman–Crippen MR) is 83.5 cm³/mol. The molecule has 0 aliphatic heterocycles. The molecule has 0 bridgehead atoms. The minimum absolute atomic E-state index is 0.190. The van der Waals surface area contributed by atoms with E-state index in [1.165, 1.54) is 18.6 Å². The Bertz CT molecular complexity index is 399. The van der Waals surface area contributed by atoms with Crippen molar-refractivity contribution in [1.29, 1.82) is 0 Å². The lowest BCUT2D eigenvalue weighted by molar-refractivity contribution is 0.549. The molecular formula is C16H26FN3. The second-order valence-corrected chi connectivity index (χ2v) is 5.34. The van der Waals surface area contributed by atoms with Gasteiger partial charge >= 0.3 is 0 Å². The molecule has 0 amide bonds. The molecule has 112 valence electrons. The molecule has 0 unspecified atom stereocenters. The van der Waals surface area contributed by atoms with Crippen LogP contribution in [0.4, 0.5) is 4.39 Å². The highest BCUT2D eigenvalue weighted by atomic mass is 19.1. The number of hydrogen-bond donors (Lipinski definition) is 2. The van der Waals surface area contributed by atoms with Crippen molar-refractivity contribution in [2.45, 2.75) is 33.1 Å². The number of nitrogens with one attached hydrogen (secondary N) is 2. The van der Waals surface area contributed by atoms with Gasteiger partial charge in [0.25, 0.3) is 0 Å². The second kappa shape index (κ2) is 9.34. The van der Waals surface area contributed by atoms with Crippen LogP contribution in [-0.4, -0.2) is 26.1 Å². The predicted octanol–water partition coefficient (Wildman–Crippen LogP) is 2.97. The van der Waals surface area contributed by atoms with Crippen molar-refractivity contribution in [3.63, 3.8) is 0 Å². The number of benzene rings is 1. The quantitative estimate of drug-likeness (QED) is 0.457. The lowest BCUT2D eigenvalue weighted by atomic mass is 10.1. The van der Waals surface area contributed by atoms with Gasteiger partial charge in [-0.15, -0.1) is 0 Å². The molecule has 2 N–H and O–H groups in total. The number of aliphatic imine (C=N–C) groups is 1. The van der Waals surface area contributed by atoms with Gasteiger partial charge in [0.2, 0.25) is 0 Å². The first-order chi connectivity index (χ1) is 9.61. The fourth-order valence-electron chi connectivity index (χ4n) is 1.91. The van der Waals surface area contributed by atoms with Gasteiger partial charge < -0.3 is 10.6 Å². The maximum atomic E-state index is 12.8. The lowest BCUT2D eigenvalue weighted by Crippen LogP contribution is -2.38. The fourth-order valence-corrected chi connectivity index (χ4v) is 1.91. The summed E-state index contributed by atoms with van der Waals surface area (Å²) >= 11 is 0. The number of rotatable bonds is 7. The highest BCUT2D eigenvalue weighted by Gasteiger charge is 1.99. The summed E-state index contributed by atoms with van der Waals surface area (Å²) in [6, 6.07) is 6.62. The zero-order valence-corrected chi connectivity index (χ0v) is 12.7. The summed E-state index contributed by atoms with van der Waals surface area (Å²) in [6.45, 7) is 6.19. The molecule has 1 rings (SSSR count). The Morgan fingerprint density at radius 2 is 1.80 bits per heavy atom. The maximum absolute atomic E-state index is 12.8. The molecule has 1 aromatic carbocycles. The topological polar surface area (TPSA) is 36.4 Å². The molecule has 0 aliphatic carbocycles. The third-order valence-electron chi connectivity index (χ3n) is 3.09. The van der Waals surface area contributed by atoms with Gasteiger partial charge in [-0.1, -0.05) is 26.0 Å². The Balaban J connectivity index is 2.19. The summed E-state index contributed by atoms with van der Waals surface area (Å²) < 4.78 is 12.8. The normalized spacial score (nSPS) is 11.8. The highest BCUT2D eigenvalue weighted by Crippen LogP contribution is 2.03. The van der Waals surface area contributed by atoms with E-state index in [4.69, 9.17) is 0 Å². The van der Waals surface area contributed by atoms with Gasteiger partial charge in [-0.25, -0.2) is 4.39 Å². The molecule has 0 aliphatic rings. The van der Waals surface area contributed by atoms with Crippen LogP contribution in [0.2, 0.25) is 0 Å². The number of hydrogen-bond acceptors (Lipinski definition) is 1. The monoisotopic (exact) mass is 279 g/mol. The van der Waals surface area contributed by atoms with Gasteiger partial charge in [-0.3, -0.25) is 4.99 Å². The summed E-state index contributed by atoms with van der Waals surface area (Å²) in [5.41, 5.74) is 1.12. The van der Waals surface area contributed by atoms with Gasteiger partial charge in [0.15, 0.2) is 5.96 Å². The van der Waals surface area contributed by atoms with Gasteiger partial charge in [-0.05, 0) is 42.9 Å². The van der Waals surface area contributed by atoms with Crippen LogP contribution in [0, 0.1) is 11.7 Å². The first kappa shape index (κ1) is 16.5. The summed E-state index contributed by atoms with van der Waals surface area (Å²) in [5.74, 6) is 1.38. The Kier molecular flexibility index (Phi) is 7.70. The van der Waals surface area contributed by atoms with E-state index >= 15 is 0 Å². The molecule has 0 saturated heterocycles. The average molecular weight is 279 g/mol. The van der Waals surface area contributed by atoms with Crippen LogP contribution in [0.3, 0.4) is 0 Å². The van der Waals surface area contributed by atoms with Crippen molar-refractivity contribution in [3.05, 3.63) is 35.6 Å². The first-order valence-corrected chi connectivity index (χ1v) is 7.30. The van der Waals surface area contributed by atoms with Crippen LogP contribution >= 0.6 is 0 Å². The molecule has 0 radical (unpaired) electrons. The zero-order valence-electron chi connectivity index (χ0n) is 12.7. The van der Waals surface area contributed by atoms with Crippen molar-refractivity contribution < 1.29 is 4.39 Å². The summed E-state index contributed by atoms with van der Waals surface area (Å²) in [7, 11) is 1.77. The van der Waals surface area contributed by atoms with Gasteiger partial charge in [0.05, 0.1) is 0 Å². The van der Waals surface area contributed by atoms with Crippen LogP contribution < -0.4 is 10.6 Å². The van der Waals surface area contributed by atoms with Crippen LogP contribution in [0.1, 0.15) is 32.3 Å². The van der Waals surface area contributed by atoms with E-state index in [1.54, 1.807) is 7.05 Å². The molecular weight excluding hydrogens is 253 g/mol. The van der Waals surface area contributed by atoms with E-state index in [0.29, 0.717) is 0 Å². The van der Waals surface area contributed by atoms with E-state index in [2.05, 4.69) is 29.5 Å². The Morgan fingerprint density at radius 3 is 2.40 bits per heavy atom. The minimum atomic E-state index is -0.190. The highest BCUT2D eigenvalue weighted by molar-refractivity contribution is 5.79. The van der Waals surface area contributed by atoms with Crippen LogP contribution in [0.15, 0.2) is 29.3 Å². The summed E-state index contributed by atoms with van der Waals surface area (Å²) in [4.78, 5) is 4.18. The van der Waals surface area contributed by atoms with E-state index < -0.39 is 0 Å². The van der Waals surface area contributed by atoms with Crippen molar-refractivity contribution in [1.82, 2.24) is 10.6 Å². The van der Waals surface area contributed by atoms with E-state index in [1.807, 2.05) is 12.1 Å². The third-order valence-corrected chi connectivity index (χ3v) is 3.09. The molecule has 4 heteroatoms. The minimum Gasteiger partial charge on any atom is -0.356 e. The van der Waals surface area contributed by atoms with E-state index in [9.17, 15) is 4.39 Å². The van der Waals surface area contributed by atoms with Gasteiger partial charge in [0.1, 0.15) is 5.82 Å². The van der Waals surface area contributed by atoms with Gasteiger partial charge in [0, 0.05) is 20.1 Å². The molecule has 0 saturated carbocycles. The van der Waals surface area contributed by atoms with Crippen LogP contribution in [0.5, 0.6) is 0 Å². The summed E-state index contributed by atoms with van der Waals surface area (Å²) in [6.07, 6.45) is 3.23. The van der Waals surface area contributed by atoms with Crippen molar-refractivity contribution in [3.8, 4) is 0 Å².